The average molecular weight is 264 g/mol. The number of carbonyl (C=O) groups is 1. The standard InChI is InChI=1S/C17H28O2/c1-13-5-6-16(18)15(11-13)14-7-10-19-17(12-14)8-3-2-4-9-17/h13-15H,2-12H2,1H3. The quantitative estimate of drug-likeness (QED) is 0.712. The molecule has 108 valence electrons. The molecule has 0 radical (unpaired) electrons. The first-order chi connectivity index (χ1) is 9.19. The van der Waals surface area contributed by atoms with E-state index in [9.17, 15) is 4.79 Å². The molecule has 3 aliphatic rings. The second kappa shape index (κ2) is 5.55. The van der Waals surface area contributed by atoms with Crippen LogP contribution in [-0.2, 0) is 9.53 Å². The van der Waals surface area contributed by atoms with Crippen molar-refractivity contribution in [1.82, 2.24) is 0 Å². The molecule has 1 heterocycles. The lowest BCUT2D eigenvalue weighted by molar-refractivity contribution is -0.142. The third-order valence-electron chi connectivity index (χ3n) is 5.82. The first kappa shape index (κ1) is 13.6. The van der Waals surface area contributed by atoms with Gasteiger partial charge in [0.15, 0.2) is 0 Å². The minimum atomic E-state index is 0.155. The zero-order valence-electron chi connectivity index (χ0n) is 12.3. The van der Waals surface area contributed by atoms with Gasteiger partial charge in [0.25, 0.3) is 0 Å². The molecule has 2 heteroatoms. The van der Waals surface area contributed by atoms with Crippen LogP contribution in [0.2, 0.25) is 0 Å². The summed E-state index contributed by atoms with van der Waals surface area (Å²) in [5, 5.41) is 0. The smallest absolute Gasteiger partial charge is 0.136 e. The molecule has 3 fully saturated rings. The van der Waals surface area contributed by atoms with Crippen LogP contribution in [0, 0.1) is 17.8 Å². The van der Waals surface area contributed by atoms with Gasteiger partial charge in [-0.2, -0.15) is 0 Å². The van der Waals surface area contributed by atoms with Gasteiger partial charge < -0.3 is 4.74 Å². The summed E-state index contributed by atoms with van der Waals surface area (Å²) in [5.74, 6) is 2.26. The summed E-state index contributed by atoms with van der Waals surface area (Å²) < 4.78 is 6.18. The van der Waals surface area contributed by atoms with Crippen molar-refractivity contribution in [3.05, 3.63) is 0 Å². The third kappa shape index (κ3) is 2.89. The van der Waals surface area contributed by atoms with Crippen LogP contribution < -0.4 is 0 Å². The van der Waals surface area contributed by atoms with Crippen LogP contribution in [0.3, 0.4) is 0 Å². The van der Waals surface area contributed by atoms with E-state index in [4.69, 9.17) is 4.74 Å². The van der Waals surface area contributed by atoms with Crippen LogP contribution in [0.1, 0.15) is 71.1 Å². The third-order valence-corrected chi connectivity index (χ3v) is 5.82. The van der Waals surface area contributed by atoms with E-state index in [0.29, 0.717) is 17.6 Å². The van der Waals surface area contributed by atoms with Crippen LogP contribution in [0.25, 0.3) is 0 Å². The van der Waals surface area contributed by atoms with Gasteiger partial charge in [-0.25, -0.2) is 0 Å². The first-order valence-electron chi connectivity index (χ1n) is 8.35. The Morgan fingerprint density at radius 1 is 1.16 bits per heavy atom. The van der Waals surface area contributed by atoms with E-state index in [1.807, 2.05) is 0 Å². The maximum absolute atomic E-state index is 12.3. The highest BCUT2D eigenvalue weighted by Gasteiger charge is 2.43. The lowest BCUT2D eigenvalue weighted by Gasteiger charge is -2.46. The maximum Gasteiger partial charge on any atom is 0.136 e. The molecule has 3 rings (SSSR count). The Kier molecular flexibility index (Phi) is 3.98. The largest absolute Gasteiger partial charge is 0.375 e. The average Bonchev–Trinajstić information content (AvgIpc) is 2.42. The molecular weight excluding hydrogens is 236 g/mol. The summed E-state index contributed by atoms with van der Waals surface area (Å²) in [6.07, 6.45) is 11.8. The van der Waals surface area contributed by atoms with Crippen molar-refractivity contribution in [2.45, 2.75) is 76.7 Å². The second-order valence-corrected chi connectivity index (χ2v) is 7.30. The minimum Gasteiger partial charge on any atom is -0.375 e. The Morgan fingerprint density at radius 3 is 2.74 bits per heavy atom. The van der Waals surface area contributed by atoms with E-state index in [1.54, 1.807) is 0 Å². The summed E-state index contributed by atoms with van der Waals surface area (Å²) >= 11 is 0. The highest BCUT2D eigenvalue weighted by atomic mass is 16.5. The van der Waals surface area contributed by atoms with Crippen LogP contribution in [0.15, 0.2) is 0 Å². The van der Waals surface area contributed by atoms with Gasteiger partial charge in [-0.15, -0.1) is 0 Å². The summed E-state index contributed by atoms with van der Waals surface area (Å²) in [6.45, 7) is 3.21. The molecule has 1 spiro atoms. The zero-order chi connectivity index (χ0) is 13.3. The Bertz CT molecular complexity index is 325. The first-order valence-corrected chi connectivity index (χ1v) is 8.35. The molecule has 0 amide bonds. The van der Waals surface area contributed by atoms with Crippen LogP contribution in [0.5, 0.6) is 0 Å². The lowest BCUT2D eigenvalue weighted by atomic mass is 9.67. The molecule has 0 aromatic rings. The number of ether oxygens (including phenoxy) is 1. The van der Waals surface area contributed by atoms with Gasteiger partial charge in [-0.3, -0.25) is 4.79 Å². The number of hydrogen-bond donors (Lipinski definition) is 0. The molecule has 1 aliphatic heterocycles. The number of ketones is 1. The van der Waals surface area contributed by atoms with Gasteiger partial charge in [0, 0.05) is 18.9 Å². The predicted molar refractivity (Wildman–Crippen MR) is 76.0 cm³/mol. The summed E-state index contributed by atoms with van der Waals surface area (Å²) in [4.78, 5) is 12.3. The van der Waals surface area contributed by atoms with Gasteiger partial charge in [0.2, 0.25) is 0 Å². The summed E-state index contributed by atoms with van der Waals surface area (Å²) in [7, 11) is 0. The Morgan fingerprint density at radius 2 is 1.95 bits per heavy atom. The summed E-state index contributed by atoms with van der Waals surface area (Å²) in [6, 6.07) is 0. The van der Waals surface area contributed by atoms with Crippen molar-refractivity contribution in [3.63, 3.8) is 0 Å². The van der Waals surface area contributed by atoms with Crippen LogP contribution in [-0.4, -0.2) is 18.0 Å². The zero-order valence-corrected chi connectivity index (χ0v) is 12.3. The number of Topliss-reactive ketones (excluding diaryl/α,β-unsaturated/α-hetero) is 1. The molecular formula is C17H28O2. The van der Waals surface area contributed by atoms with E-state index < -0.39 is 0 Å². The minimum absolute atomic E-state index is 0.155. The van der Waals surface area contributed by atoms with E-state index >= 15 is 0 Å². The molecule has 19 heavy (non-hydrogen) atoms. The van der Waals surface area contributed by atoms with Gasteiger partial charge >= 0.3 is 0 Å². The SMILES string of the molecule is CC1CCC(=O)C(C2CCOC3(CCCCC3)C2)C1. The molecule has 0 aromatic carbocycles. The van der Waals surface area contributed by atoms with E-state index in [0.717, 1.165) is 44.6 Å². The van der Waals surface area contributed by atoms with Crippen molar-refractivity contribution in [3.8, 4) is 0 Å². The lowest BCUT2D eigenvalue weighted by Crippen LogP contribution is -2.45. The predicted octanol–water partition coefficient (Wildman–Crippen LogP) is 4.12. The van der Waals surface area contributed by atoms with Crippen molar-refractivity contribution in [2.24, 2.45) is 17.8 Å². The topological polar surface area (TPSA) is 26.3 Å². The molecule has 3 atom stereocenters. The maximum atomic E-state index is 12.3. The molecule has 0 N–H and O–H groups in total. The highest BCUT2D eigenvalue weighted by molar-refractivity contribution is 5.82. The van der Waals surface area contributed by atoms with Crippen LogP contribution in [0.4, 0.5) is 0 Å². The van der Waals surface area contributed by atoms with Crippen LogP contribution >= 0.6 is 0 Å². The Labute approximate surface area is 117 Å². The number of carbonyl (C=O) groups excluding carboxylic acids is 1. The molecule has 2 nitrogen and oxygen atoms in total. The second-order valence-electron chi connectivity index (χ2n) is 7.30. The Balaban J connectivity index is 1.68. The molecule has 1 saturated heterocycles. The molecule has 2 saturated carbocycles. The molecule has 0 aromatic heterocycles. The molecule has 3 unspecified atom stereocenters. The van der Waals surface area contributed by atoms with E-state index in [2.05, 4.69) is 6.92 Å². The van der Waals surface area contributed by atoms with Crippen molar-refractivity contribution < 1.29 is 9.53 Å². The summed E-state index contributed by atoms with van der Waals surface area (Å²) in [5.41, 5.74) is 0.155. The Hall–Kier alpha value is -0.370. The molecule has 0 bridgehead atoms. The van der Waals surface area contributed by atoms with Crippen molar-refractivity contribution >= 4 is 5.78 Å². The van der Waals surface area contributed by atoms with Gasteiger partial charge in [0.05, 0.1) is 5.60 Å². The van der Waals surface area contributed by atoms with Gasteiger partial charge in [0.1, 0.15) is 5.78 Å². The number of rotatable bonds is 1. The fourth-order valence-corrected chi connectivity index (χ4v) is 4.67. The van der Waals surface area contributed by atoms with E-state index in [1.165, 1.54) is 32.1 Å². The highest BCUT2D eigenvalue weighted by Crippen LogP contribution is 2.45. The normalized spacial score (nSPS) is 39.4. The monoisotopic (exact) mass is 264 g/mol. The van der Waals surface area contributed by atoms with Crippen molar-refractivity contribution in [2.75, 3.05) is 6.61 Å². The fraction of sp³-hybridized carbons (Fsp3) is 0.941. The molecule has 2 aliphatic carbocycles. The van der Waals surface area contributed by atoms with Gasteiger partial charge in [-0.1, -0.05) is 26.2 Å². The fourth-order valence-electron chi connectivity index (χ4n) is 4.67. The van der Waals surface area contributed by atoms with Crippen molar-refractivity contribution in [1.29, 1.82) is 0 Å². The number of hydrogen-bond acceptors (Lipinski definition) is 2. The van der Waals surface area contributed by atoms with Gasteiger partial charge in [-0.05, 0) is 50.4 Å². The van der Waals surface area contributed by atoms with E-state index in [-0.39, 0.29) is 5.60 Å².